The zero-order chi connectivity index (χ0) is 67.1. The topological polar surface area (TPSA) is 185 Å². The number of allylic oxidation sites excluding steroid dienone is 4. The Balaban J connectivity index is 0.000000153. The largest absolute Gasteiger partial charge is 0.481 e. The number of aliphatic carboxylic acids is 1. The van der Waals surface area contributed by atoms with Crippen LogP contribution in [-0.4, -0.2) is 49.7 Å². The van der Waals surface area contributed by atoms with Crippen LogP contribution >= 0.6 is 0 Å². The van der Waals surface area contributed by atoms with Gasteiger partial charge in [-0.25, -0.2) is 0 Å². The number of hydrogen-bond acceptors (Lipinski definition) is 9. The quantitative estimate of drug-likeness (QED) is 0.112. The first kappa shape index (κ1) is 68.1. The summed E-state index contributed by atoms with van der Waals surface area (Å²) in [5.74, 6) is 4.19. The average Bonchev–Trinajstić information content (AvgIpc) is 0.853. The van der Waals surface area contributed by atoms with E-state index in [1.165, 1.54) is 62.5 Å². The number of carboxylic acid groups (broad SMARTS) is 1. The van der Waals surface area contributed by atoms with Gasteiger partial charge in [0.15, 0.2) is 11.5 Å². The van der Waals surface area contributed by atoms with Gasteiger partial charge in [-0.3, -0.25) is 9.59 Å². The molecule has 0 radical (unpaired) electrons. The fourth-order valence-corrected chi connectivity index (χ4v) is 24.0. The van der Waals surface area contributed by atoms with Crippen molar-refractivity contribution < 1.29 is 34.0 Å². The Morgan fingerprint density at radius 1 is 0.516 bits per heavy atom. The lowest BCUT2D eigenvalue weighted by molar-refractivity contribution is -0.203. The van der Waals surface area contributed by atoms with Crippen LogP contribution in [0.25, 0.3) is 22.5 Å². The van der Waals surface area contributed by atoms with Crippen molar-refractivity contribution in [2.75, 3.05) is 0 Å². The lowest BCUT2D eigenvalue weighted by Crippen LogP contribution is -2.64. The second-order valence-electron chi connectivity index (χ2n) is 36.6. The van der Waals surface area contributed by atoms with Gasteiger partial charge >= 0.3 is 5.97 Å². The second-order valence-corrected chi connectivity index (χ2v) is 36.6. The summed E-state index contributed by atoms with van der Waals surface area (Å²) < 4.78 is 10.7. The zero-order valence-corrected chi connectivity index (χ0v) is 60.0. The summed E-state index contributed by atoms with van der Waals surface area (Å²) in [5.41, 5.74) is 15.7. The maximum absolute atomic E-state index is 14.0. The van der Waals surface area contributed by atoms with Crippen LogP contribution < -0.4 is 11.1 Å². The van der Waals surface area contributed by atoms with E-state index < -0.39 is 16.8 Å². The van der Waals surface area contributed by atoms with E-state index in [9.17, 15) is 24.9 Å². The summed E-state index contributed by atoms with van der Waals surface area (Å²) in [7, 11) is 0. The summed E-state index contributed by atoms with van der Waals surface area (Å²) >= 11 is 0. The Hall–Kier alpha value is -4.84. The Morgan fingerprint density at radius 2 is 0.914 bits per heavy atom. The van der Waals surface area contributed by atoms with Gasteiger partial charge in [0.25, 0.3) is 0 Å². The number of carboxylic acids is 1. The minimum absolute atomic E-state index is 0.0168. The van der Waals surface area contributed by atoms with Crippen LogP contribution in [0.1, 0.15) is 248 Å². The van der Waals surface area contributed by atoms with Gasteiger partial charge in [0.05, 0.1) is 30.7 Å². The number of fused-ring (bicyclic) bond motifs is 14. The number of nitrogens with zero attached hydrogens (tertiary/aromatic N) is 2. The van der Waals surface area contributed by atoms with E-state index in [0.29, 0.717) is 60.1 Å². The van der Waals surface area contributed by atoms with Crippen molar-refractivity contribution in [3.8, 4) is 22.5 Å². The van der Waals surface area contributed by atoms with Gasteiger partial charge in [0.1, 0.15) is 11.4 Å². The van der Waals surface area contributed by atoms with E-state index in [4.69, 9.17) is 14.8 Å². The van der Waals surface area contributed by atoms with E-state index >= 15 is 0 Å². The summed E-state index contributed by atoms with van der Waals surface area (Å²) in [6, 6.07) is 20.2. The first-order valence-corrected chi connectivity index (χ1v) is 36.5. The molecule has 1 amide bonds. The summed E-state index contributed by atoms with van der Waals surface area (Å²) in [4.78, 5) is 26.2. The van der Waals surface area contributed by atoms with Crippen molar-refractivity contribution in [1.82, 2.24) is 15.6 Å². The van der Waals surface area contributed by atoms with E-state index in [1.54, 1.807) is 11.1 Å². The highest BCUT2D eigenvalue weighted by atomic mass is 16.5. The second kappa shape index (κ2) is 23.4. The third-order valence-corrected chi connectivity index (χ3v) is 31.1. The molecule has 14 rings (SSSR count). The molecular formula is C82H118N4O7. The SMILES string of the molecule is CC1(C)C2CC[C@]3(C)C(CC=C4[C@@H]5C[C@@](C)(C(=O)O)CC[C@]5(C)CC[C@@]43C)[C@@]2(C)CC[C@@H]1O.Cc1ccc(-c2cc(CN)on2)cc1.Cc1ccc(-c2cc(CNC(=O)[C@@]3(C)CC[C@]4(C)CC[C@@]5(C)C(=CCC6[C@@]7(C)CC[C@H](O)C(C)(C)C7CC[C@]65C)[C@@H]4C3)on2)cc1. The number of carbonyl (C=O) groups excluding carboxylic acids is 1. The molecule has 2 heterocycles. The first-order chi connectivity index (χ1) is 43.5. The van der Waals surface area contributed by atoms with Gasteiger partial charge in [0, 0.05) is 28.7 Å². The van der Waals surface area contributed by atoms with E-state index in [1.807, 2.05) is 43.3 Å². The van der Waals surface area contributed by atoms with Crippen molar-refractivity contribution >= 4 is 11.9 Å². The summed E-state index contributed by atoms with van der Waals surface area (Å²) in [6.45, 7) is 38.9. The van der Waals surface area contributed by atoms with E-state index in [-0.39, 0.29) is 72.3 Å². The van der Waals surface area contributed by atoms with Crippen molar-refractivity contribution in [3.63, 3.8) is 0 Å². The average molecular weight is 1270 g/mol. The van der Waals surface area contributed by atoms with Crippen LogP contribution in [-0.2, 0) is 22.7 Å². The zero-order valence-electron chi connectivity index (χ0n) is 60.0. The molecule has 0 bridgehead atoms. The Labute approximate surface area is 558 Å². The number of aromatic nitrogens is 2. The smallest absolute Gasteiger partial charge is 0.309 e. The molecule has 4 aromatic rings. The number of carbonyl (C=O) groups is 2. The van der Waals surface area contributed by atoms with Gasteiger partial charge in [0.2, 0.25) is 5.91 Å². The van der Waals surface area contributed by atoms with Crippen LogP contribution in [0.15, 0.2) is 93.0 Å². The highest BCUT2D eigenvalue weighted by Gasteiger charge is 2.70. The molecule has 4 unspecified atom stereocenters. The van der Waals surface area contributed by atoms with E-state index in [2.05, 4.69) is 156 Å². The maximum atomic E-state index is 14.0. The standard InChI is InChI=1S/C41H58N2O3.C30H48O3.C11H12N2O/c1-26-9-11-27(12-10-26)31-23-28(46-43-31)25-42-35(45)38(5)20-19-37(4)21-22-40(7)29(30(37)24-38)13-14-33-39(6)17-16-34(44)36(2,3)32(39)15-18-41(33,40)8;1-25(2)21-10-13-30(7)22(28(21,5)12-11-23(25)31)9-8-19-20-18-27(4,24(32)33)15-14-26(20,3)16-17-29(19,30)6;1-8-2-4-9(5-3-8)11-6-10(7-12)14-13-11/h9-13,23,30,32-34,44H,14-22,24-25H2,1-8H3,(H,42,45);8,20-23,31H,9-18H2,1-7H3,(H,32,33);2-6H,7,12H2,1H3/t30-,32?,33?,34-,37+,38-,39-,40-,41+;20-,21?,22?,23-,26+,27-,28-,29-,30+;/m00./s1. The molecule has 11 nitrogen and oxygen atoms in total. The molecule has 0 aliphatic heterocycles. The van der Waals surface area contributed by atoms with Crippen LogP contribution in [0.5, 0.6) is 0 Å². The molecular weight excluding hydrogens is 1150 g/mol. The highest BCUT2D eigenvalue weighted by molar-refractivity contribution is 5.82. The normalized spacial score (nSPS) is 42.4. The molecule has 11 heteroatoms. The number of nitrogens with one attached hydrogen (secondary N) is 1. The first-order valence-electron chi connectivity index (χ1n) is 36.5. The third kappa shape index (κ3) is 10.8. The van der Waals surface area contributed by atoms with Gasteiger partial charge < -0.3 is 35.4 Å². The maximum Gasteiger partial charge on any atom is 0.309 e. The van der Waals surface area contributed by atoms with Crippen LogP contribution in [0.2, 0.25) is 0 Å². The van der Waals surface area contributed by atoms with E-state index in [0.717, 1.165) is 99.6 Å². The number of amides is 1. The molecule has 8 fully saturated rings. The number of aryl methyl sites for hydroxylation is 2. The Morgan fingerprint density at radius 3 is 1.33 bits per heavy atom. The lowest BCUT2D eigenvalue weighted by Gasteiger charge is -2.71. The minimum Gasteiger partial charge on any atom is -0.481 e. The number of benzene rings is 2. The van der Waals surface area contributed by atoms with Gasteiger partial charge in [-0.2, -0.15) is 0 Å². The van der Waals surface area contributed by atoms with Gasteiger partial charge in [-0.05, 0) is 239 Å². The van der Waals surface area contributed by atoms with Crippen molar-refractivity contribution in [2.24, 2.45) is 106 Å². The number of aliphatic hydroxyl groups excluding tert-OH is 2. The molecule has 508 valence electrons. The predicted molar refractivity (Wildman–Crippen MR) is 371 cm³/mol. The molecule has 10 aliphatic carbocycles. The van der Waals surface area contributed by atoms with Gasteiger partial charge in [-0.1, -0.05) is 183 Å². The predicted octanol–water partition coefficient (Wildman–Crippen LogP) is 18.8. The van der Waals surface area contributed by atoms with Crippen LogP contribution in [0, 0.1) is 114 Å². The number of nitrogens with two attached hydrogens (primary N) is 1. The molecule has 2 aromatic carbocycles. The molecule has 8 saturated carbocycles. The number of aliphatic hydroxyl groups is 2. The molecule has 10 aliphatic rings. The molecule has 6 N–H and O–H groups in total. The fraction of sp³-hybridized carbons (Fsp3) is 0.707. The summed E-state index contributed by atoms with van der Waals surface area (Å²) in [5, 5.41) is 43.5. The van der Waals surface area contributed by atoms with Gasteiger partial charge in [-0.15, -0.1) is 0 Å². The molecule has 93 heavy (non-hydrogen) atoms. The molecule has 0 saturated heterocycles. The Bertz CT molecular complexity index is 3520. The van der Waals surface area contributed by atoms with Crippen molar-refractivity contribution in [3.05, 3.63) is 107 Å². The molecule has 18 atom stereocenters. The lowest BCUT2D eigenvalue weighted by atomic mass is 9.33. The number of hydrogen-bond donors (Lipinski definition) is 5. The van der Waals surface area contributed by atoms with Crippen LogP contribution in [0.3, 0.4) is 0 Å². The molecule has 2 aromatic heterocycles. The highest BCUT2D eigenvalue weighted by Crippen LogP contribution is 2.78. The minimum atomic E-state index is -0.603. The number of rotatable bonds is 7. The Kier molecular flexibility index (Phi) is 17.2. The monoisotopic (exact) mass is 1270 g/mol. The third-order valence-electron chi connectivity index (χ3n) is 31.1. The van der Waals surface area contributed by atoms with Crippen LogP contribution in [0.4, 0.5) is 0 Å². The van der Waals surface area contributed by atoms with Crippen molar-refractivity contribution in [1.29, 1.82) is 0 Å². The molecule has 0 spiro atoms. The van der Waals surface area contributed by atoms with Crippen molar-refractivity contribution in [2.45, 2.75) is 264 Å². The summed E-state index contributed by atoms with van der Waals surface area (Å²) in [6.07, 6.45) is 26.8. The fourth-order valence-electron chi connectivity index (χ4n) is 24.0.